The zero-order chi connectivity index (χ0) is 15.9. The van der Waals surface area contributed by atoms with E-state index in [4.69, 9.17) is 0 Å². The van der Waals surface area contributed by atoms with Crippen LogP contribution < -0.4 is 5.32 Å². The highest BCUT2D eigenvalue weighted by molar-refractivity contribution is 7.89. The molecule has 0 saturated heterocycles. The lowest BCUT2D eigenvalue weighted by Gasteiger charge is -2.23. The van der Waals surface area contributed by atoms with Crippen LogP contribution in [0, 0.1) is 11.8 Å². The molecule has 2 saturated carbocycles. The van der Waals surface area contributed by atoms with Gasteiger partial charge >= 0.3 is 0 Å². The zero-order valence-corrected chi connectivity index (χ0v) is 13.8. The van der Waals surface area contributed by atoms with Crippen molar-refractivity contribution in [3.8, 4) is 0 Å². The lowest BCUT2D eigenvalue weighted by atomic mass is 9.95. The first kappa shape index (κ1) is 15.5. The van der Waals surface area contributed by atoms with Gasteiger partial charge in [0.25, 0.3) is 5.91 Å². The fourth-order valence-electron chi connectivity index (χ4n) is 3.68. The predicted octanol–water partition coefficient (Wildman–Crippen LogP) is 1.86. The van der Waals surface area contributed by atoms with Crippen LogP contribution in [0.3, 0.4) is 0 Å². The lowest BCUT2D eigenvalue weighted by molar-refractivity contribution is 0.0922. The average Bonchev–Trinajstić information content (AvgIpc) is 3.09. The molecule has 1 aromatic carbocycles. The Morgan fingerprint density at radius 3 is 2.59 bits per heavy atom. The van der Waals surface area contributed by atoms with Crippen LogP contribution in [0.5, 0.6) is 0 Å². The van der Waals surface area contributed by atoms with Gasteiger partial charge in [-0.05, 0) is 49.3 Å². The smallest absolute Gasteiger partial charge is 0.251 e. The molecule has 2 fully saturated rings. The monoisotopic (exact) mass is 322 g/mol. The Hall–Kier alpha value is -1.40. The Labute approximate surface area is 131 Å². The molecule has 0 aromatic heterocycles. The summed E-state index contributed by atoms with van der Waals surface area (Å²) in [6.07, 6.45) is 4.77. The maximum Gasteiger partial charge on any atom is 0.251 e. The van der Waals surface area contributed by atoms with E-state index in [1.54, 1.807) is 12.1 Å². The minimum Gasteiger partial charge on any atom is -0.349 e. The maximum atomic E-state index is 12.4. The SMILES string of the molecule is CN(C)S(=O)(=O)c1cccc(C(=O)N[C@@H]2C[C@H]3CC[C@H]2C3)c1. The Kier molecular flexibility index (Phi) is 3.99. The van der Waals surface area contributed by atoms with Crippen molar-refractivity contribution in [1.29, 1.82) is 0 Å². The van der Waals surface area contributed by atoms with Crippen molar-refractivity contribution >= 4 is 15.9 Å². The van der Waals surface area contributed by atoms with Gasteiger partial charge in [-0.15, -0.1) is 0 Å². The first-order valence-electron chi connectivity index (χ1n) is 7.71. The van der Waals surface area contributed by atoms with Crippen molar-refractivity contribution in [1.82, 2.24) is 9.62 Å². The van der Waals surface area contributed by atoms with Gasteiger partial charge in [-0.2, -0.15) is 0 Å². The van der Waals surface area contributed by atoms with Gasteiger partial charge in [0.1, 0.15) is 0 Å². The average molecular weight is 322 g/mol. The molecule has 3 rings (SSSR count). The number of hydrogen-bond donors (Lipinski definition) is 1. The number of rotatable bonds is 4. The molecule has 0 spiro atoms. The van der Waals surface area contributed by atoms with Crippen LogP contribution in [0.2, 0.25) is 0 Å². The number of hydrogen-bond acceptors (Lipinski definition) is 3. The van der Waals surface area contributed by atoms with E-state index >= 15 is 0 Å². The molecular formula is C16H22N2O3S. The topological polar surface area (TPSA) is 66.5 Å². The second kappa shape index (κ2) is 5.66. The summed E-state index contributed by atoms with van der Waals surface area (Å²) in [4.78, 5) is 12.6. The van der Waals surface area contributed by atoms with Gasteiger partial charge in [0.15, 0.2) is 0 Å². The summed E-state index contributed by atoms with van der Waals surface area (Å²) in [5.41, 5.74) is 0.408. The van der Waals surface area contributed by atoms with E-state index in [2.05, 4.69) is 5.32 Å². The normalized spacial score (nSPS) is 27.3. The van der Waals surface area contributed by atoms with Gasteiger partial charge in [0.2, 0.25) is 10.0 Å². The molecule has 1 N–H and O–H groups in total. The molecule has 0 heterocycles. The number of carbonyl (C=O) groups is 1. The van der Waals surface area contributed by atoms with Gasteiger partial charge in [-0.3, -0.25) is 4.79 Å². The molecule has 2 aliphatic carbocycles. The Bertz CT molecular complexity index is 684. The zero-order valence-electron chi connectivity index (χ0n) is 13.0. The largest absolute Gasteiger partial charge is 0.349 e. The van der Waals surface area contributed by atoms with Crippen molar-refractivity contribution in [2.75, 3.05) is 14.1 Å². The van der Waals surface area contributed by atoms with E-state index in [0.29, 0.717) is 11.5 Å². The van der Waals surface area contributed by atoms with Crippen molar-refractivity contribution in [3.05, 3.63) is 29.8 Å². The summed E-state index contributed by atoms with van der Waals surface area (Å²) in [6.45, 7) is 0. The number of carbonyl (C=O) groups excluding carboxylic acids is 1. The summed E-state index contributed by atoms with van der Waals surface area (Å²) in [5.74, 6) is 1.19. The highest BCUT2D eigenvalue weighted by Crippen LogP contribution is 2.44. The molecule has 2 aliphatic rings. The highest BCUT2D eigenvalue weighted by Gasteiger charge is 2.40. The van der Waals surface area contributed by atoms with E-state index in [1.807, 2.05) is 0 Å². The Balaban J connectivity index is 1.76. The summed E-state index contributed by atoms with van der Waals surface area (Å²) in [7, 11) is -0.548. The first-order valence-corrected chi connectivity index (χ1v) is 9.15. The molecule has 2 bridgehead atoms. The fourth-order valence-corrected chi connectivity index (χ4v) is 4.63. The van der Waals surface area contributed by atoms with Crippen LogP contribution in [0.15, 0.2) is 29.2 Å². The fraction of sp³-hybridized carbons (Fsp3) is 0.562. The standard InChI is InChI=1S/C16H22N2O3S/c1-18(2)22(20,21)14-5-3-4-13(10-14)16(19)17-15-9-11-6-7-12(15)8-11/h3-5,10-12,15H,6-9H2,1-2H3,(H,17,19)/t11-,12-,15+/m0/s1. The second-order valence-electron chi connectivity index (χ2n) is 6.57. The summed E-state index contributed by atoms with van der Waals surface area (Å²) in [5, 5.41) is 3.09. The van der Waals surface area contributed by atoms with Crippen molar-refractivity contribution in [2.24, 2.45) is 11.8 Å². The number of amides is 1. The van der Waals surface area contributed by atoms with E-state index in [1.165, 1.54) is 45.5 Å². The van der Waals surface area contributed by atoms with Gasteiger partial charge in [-0.25, -0.2) is 12.7 Å². The molecule has 1 amide bonds. The maximum absolute atomic E-state index is 12.4. The number of sulfonamides is 1. The molecule has 3 atom stereocenters. The second-order valence-corrected chi connectivity index (χ2v) is 8.72. The third-order valence-corrected chi connectivity index (χ3v) is 6.74. The molecule has 120 valence electrons. The van der Waals surface area contributed by atoms with Gasteiger partial charge in [-0.1, -0.05) is 12.5 Å². The first-order chi connectivity index (χ1) is 10.4. The third-order valence-electron chi connectivity index (χ3n) is 4.93. The third kappa shape index (κ3) is 2.77. The van der Waals surface area contributed by atoms with E-state index < -0.39 is 10.0 Å². The number of nitrogens with zero attached hydrogens (tertiary/aromatic N) is 1. The van der Waals surface area contributed by atoms with Crippen LogP contribution >= 0.6 is 0 Å². The van der Waals surface area contributed by atoms with Gasteiger partial charge in [0, 0.05) is 25.7 Å². The summed E-state index contributed by atoms with van der Waals surface area (Å²) < 4.78 is 25.5. The number of nitrogens with one attached hydrogen (secondary N) is 1. The molecule has 1 aromatic rings. The molecule has 5 nitrogen and oxygen atoms in total. The summed E-state index contributed by atoms with van der Waals surface area (Å²) >= 11 is 0. The van der Waals surface area contributed by atoms with Gasteiger partial charge in [0.05, 0.1) is 4.90 Å². The lowest BCUT2D eigenvalue weighted by Crippen LogP contribution is -2.38. The van der Waals surface area contributed by atoms with Gasteiger partial charge < -0.3 is 5.32 Å². The number of benzene rings is 1. The molecule has 6 heteroatoms. The van der Waals surface area contributed by atoms with Crippen LogP contribution in [0.1, 0.15) is 36.0 Å². The molecule has 0 aliphatic heterocycles. The van der Waals surface area contributed by atoms with E-state index in [9.17, 15) is 13.2 Å². The van der Waals surface area contributed by atoms with Crippen LogP contribution in [-0.4, -0.2) is 38.8 Å². The van der Waals surface area contributed by atoms with Crippen LogP contribution in [0.25, 0.3) is 0 Å². The van der Waals surface area contributed by atoms with Crippen molar-refractivity contribution in [2.45, 2.75) is 36.6 Å². The Morgan fingerprint density at radius 1 is 1.23 bits per heavy atom. The van der Waals surface area contributed by atoms with Crippen LogP contribution in [0.4, 0.5) is 0 Å². The molecule has 22 heavy (non-hydrogen) atoms. The molecule has 0 radical (unpaired) electrons. The van der Waals surface area contributed by atoms with E-state index in [0.717, 1.165) is 16.6 Å². The predicted molar refractivity (Wildman–Crippen MR) is 84.0 cm³/mol. The minimum absolute atomic E-state index is 0.151. The number of fused-ring (bicyclic) bond motifs is 2. The molecule has 0 unspecified atom stereocenters. The van der Waals surface area contributed by atoms with Crippen molar-refractivity contribution in [3.63, 3.8) is 0 Å². The Morgan fingerprint density at radius 2 is 2.00 bits per heavy atom. The highest BCUT2D eigenvalue weighted by atomic mass is 32.2. The minimum atomic E-state index is -3.52. The quantitative estimate of drug-likeness (QED) is 0.920. The van der Waals surface area contributed by atoms with E-state index in [-0.39, 0.29) is 16.8 Å². The van der Waals surface area contributed by atoms with Crippen molar-refractivity contribution < 1.29 is 13.2 Å². The molecular weight excluding hydrogens is 300 g/mol. The summed E-state index contributed by atoms with van der Waals surface area (Å²) in [6, 6.07) is 6.51. The van der Waals surface area contributed by atoms with Crippen LogP contribution in [-0.2, 0) is 10.0 Å².